The molecule has 0 bridgehead atoms. The Balaban J connectivity index is 1.69. The maximum atomic E-state index is 12.6. The van der Waals surface area contributed by atoms with Gasteiger partial charge in [-0.3, -0.25) is 14.8 Å². The predicted octanol–water partition coefficient (Wildman–Crippen LogP) is 1.98. The van der Waals surface area contributed by atoms with Crippen molar-refractivity contribution in [1.29, 1.82) is 0 Å². The number of amides is 1. The number of pyridine rings is 2. The molecule has 26 heavy (non-hydrogen) atoms. The highest BCUT2D eigenvalue weighted by Crippen LogP contribution is 2.22. The summed E-state index contributed by atoms with van der Waals surface area (Å²) in [7, 11) is 0. The van der Waals surface area contributed by atoms with Crippen LogP contribution in [0, 0.1) is 5.92 Å². The molecule has 1 saturated heterocycles. The lowest BCUT2D eigenvalue weighted by molar-refractivity contribution is -0.0299. The van der Waals surface area contributed by atoms with Gasteiger partial charge in [0.2, 0.25) is 0 Å². The molecule has 0 atom stereocenters. The first kappa shape index (κ1) is 16.3. The molecule has 1 N–H and O–H groups in total. The fourth-order valence-electron chi connectivity index (χ4n) is 2.60. The van der Waals surface area contributed by atoms with E-state index in [0.29, 0.717) is 48.5 Å². The van der Waals surface area contributed by atoms with Crippen molar-refractivity contribution in [2.75, 3.05) is 19.8 Å². The van der Waals surface area contributed by atoms with Crippen molar-refractivity contribution in [2.24, 2.45) is 5.92 Å². The van der Waals surface area contributed by atoms with Crippen LogP contribution in [0.15, 0.2) is 55.0 Å². The topological polar surface area (TPSA) is 89.9 Å². The van der Waals surface area contributed by atoms with E-state index in [1.165, 1.54) is 0 Å². The molecule has 4 heterocycles. The number of hydrogen-bond acceptors (Lipinski definition) is 6. The van der Waals surface area contributed by atoms with Crippen LogP contribution in [0.25, 0.3) is 22.8 Å². The van der Waals surface area contributed by atoms with Crippen molar-refractivity contribution in [1.82, 2.24) is 25.3 Å². The van der Waals surface area contributed by atoms with Crippen molar-refractivity contribution >= 4 is 5.91 Å². The first-order chi connectivity index (χ1) is 12.8. The highest BCUT2D eigenvalue weighted by molar-refractivity contribution is 5.97. The minimum absolute atomic E-state index is 0.253. The monoisotopic (exact) mass is 347 g/mol. The Labute approximate surface area is 150 Å². The van der Waals surface area contributed by atoms with Gasteiger partial charge in [0, 0.05) is 24.9 Å². The molecule has 4 rings (SSSR count). The molecule has 7 nitrogen and oxygen atoms in total. The normalized spacial score (nSPS) is 13.8. The molecule has 1 aliphatic rings. The molecule has 0 spiro atoms. The van der Waals surface area contributed by atoms with Gasteiger partial charge >= 0.3 is 0 Å². The molecule has 0 aliphatic carbocycles. The Kier molecular flexibility index (Phi) is 4.61. The molecule has 0 unspecified atom stereocenters. The Morgan fingerprint density at radius 1 is 1.00 bits per heavy atom. The van der Waals surface area contributed by atoms with Crippen LogP contribution in [0.5, 0.6) is 0 Å². The maximum absolute atomic E-state index is 12.6. The summed E-state index contributed by atoms with van der Waals surface area (Å²) in [6.45, 7) is 1.92. The van der Waals surface area contributed by atoms with Crippen molar-refractivity contribution in [3.8, 4) is 22.8 Å². The number of rotatable bonds is 5. The lowest BCUT2D eigenvalue weighted by atomic mass is 10.1. The fraction of sp³-hybridized carbons (Fsp3) is 0.211. The zero-order valence-corrected chi connectivity index (χ0v) is 14.0. The van der Waals surface area contributed by atoms with Crippen molar-refractivity contribution < 1.29 is 9.53 Å². The van der Waals surface area contributed by atoms with E-state index in [9.17, 15) is 4.79 Å². The van der Waals surface area contributed by atoms with Gasteiger partial charge in [-0.05, 0) is 24.3 Å². The third-order valence-corrected chi connectivity index (χ3v) is 4.08. The van der Waals surface area contributed by atoms with E-state index < -0.39 is 0 Å². The highest BCUT2D eigenvalue weighted by atomic mass is 16.5. The Morgan fingerprint density at radius 3 is 2.35 bits per heavy atom. The van der Waals surface area contributed by atoms with Crippen LogP contribution in [0.3, 0.4) is 0 Å². The summed E-state index contributed by atoms with van der Waals surface area (Å²) >= 11 is 0. The molecule has 0 radical (unpaired) electrons. The first-order valence-electron chi connectivity index (χ1n) is 8.37. The van der Waals surface area contributed by atoms with Crippen LogP contribution >= 0.6 is 0 Å². The zero-order valence-electron chi connectivity index (χ0n) is 14.0. The summed E-state index contributed by atoms with van der Waals surface area (Å²) in [4.78, 5) is 30.2. The quantitative estimate of drug-likeness (QED) is 0.759. The third-order valence-electron chi connectivity index (χ3n) is 4.08. The van der Waals surface area contributed by atoms with Gasteiger partial charge in [-0.1, -0.05) is 12.1 Å². The summed E-state index contributed by atoms with van der Waals surface area (Å²) in [6.07, 6.45) is 4.92. The van der Waals surface area contributed by atoms with E-state index in [1.54, 1.807) is 18.6 Å². The van der Waals surface area contributed by atoms with Crippen LogP contribution in [0.1, 0.15) is 10.5 Å². The van der Waals surface area contributed by atoms with Gasteiger partial charge in [-0.15, -0.1) is 0 Å². The molecule has 3 aromatic rings. The number of nitrogens with zero attached hydrogens (tertiary/aromatic N) is 4. The Bertz CT molecular complexity index is 898. The predicted molar refractivity (Wildman–Crippen MR) is 95.1 cm³/mol. The summed E-state index contributed by atoms with van der Waals surface area (Å²) in [6, 6.07) is 11.0. The van der Waals surface area contributed by atoms with Crippen molar-refractivity contribution in [2.45, 2.75) is 0 Å². The lowest BCUT2D eigenvalue weighted by Crippen LogP contribution is -2.39. The molecule has 7 heteroatoms. The van der Waals surface area contributed by atoms with Gasteiger partial charge in [0.25, 0.3) is 5.91 Å². The molecule has 1 amide bonds. The smallest absolute Gasteiger partial charge is 0.272 e. The van der Waals surface area contributed by atoms with Crippen LogP contribution in [-0.4, -0.2) is 45.6 Å². The number of aromatic nitrogens is 4. The van der Waals surface area contributed by atoms with E-state index in [-0.39, 0.29) is 11.6 Å². The van der Waals surface area contributed by atoms with Crippen LogP contribution < -0.4 is 5.32 Å². The van der Waals surface area contributed by atoms with Gasteiger partial charge in [-0.2, -0.15) is 0 Å². The van der Waals surface area contributed by atoms with E-state index in [4.69, 9.17) is 4.74 Å². The standard InChI is InChI=1S/C19H17N5O2/c25-19(23-9-13-11-26-12-13)18-17(15-6-2-4-8-21-15)24-16(10-22-18)14-5-1-3-7-20-14/h1-8,10,13H,9,11-12H2,(H,23,25). The molecule has 0 aromatic carbocycles. The van der Waals surface area contributed by atoms with Crippen molar-refractivity contribution in [3.63, 3.8) is 0 Å². The number of carbonyl (C=O) groups is 1. The fourth-order valence-corrected chi connectivity index (χ4v) is 2.60. The molecular weight excluding hydrogens is 330 g/mol. The summed E-state index contributed by atoms with van der Waals surface area (Å²) in [5.41, 5.74) is 2.57. The SMILES string of the molecule is O=C(NCC1COC1)c1ncc(-c2ccccn2)nc1-c1ccccn1. The zero-order chi connectivity index (χ0) is 17.8. The van der Waals surface area contributed by atoms with Gasteiger partial charge in [0.15, 0.2) is 5.69 Å². The Morgan fingerprint density at radius 2 is 1.73 bits per heavy atom. The summed E-state index contributed by atoms with van der Waals surface area (Å²) in [5, 5.41) is 2.91. The first-order valence-corrected chi connectivity index (χ1v) is 8.37. The molecule has 1 aliphatic heterocycles. The summed E-state index contributed by atoms with van der Waals surface area (Å²) < 4.78 is 5.13. The van der Waals surface area contributed by atoms with Gasteiger partial charge < -0.3 is 10.1 Å². The average molecular weight is 347 g/mol. The largest absolute Gasteiger partial charge is 0.381 e. The maximum Gasteiger partial charge on any atom is 0.272 e. The lowest BCUT2D eigenvalue weighted by Gasteiger charge is -2.25. The van der Waals surface area contributed by atoms with E-state index in [2.05, 4.69) is 25.3 Å². The van der Waals surface area contributed by atoms with E-state index >= 15 is 0 Å². The van der Waals surface area contributed by atoms with Crippen LogP contribution in [0.2, 0.25) is 0 Å². The van der Waals surface area contributed by atoms with Gasteiger partial charge in [-0.25, -0.2) is 9.97 Å². The number of carbonyl (C=O) groups excluding carboxylic acids is 1. The molecule has 3 aromatic heterocycles. The average Bonchev–Trinajstić information content (AvgIpc) is 2.67. The second kappa shape index (κ2) is 7.37. The second-order valence-corrected chi connectivity index (χ2v) is 6.00. The van der Waals surface area contributed by atoms with Crippen LogP contribution in [0.4, 0.5) is 0 Å². The van der Waals surface area contributed by atoms with Crippen molar-refractivity contribution in [3.05, 3.63) is 60.7 Å². The van der Waals surface area contributed by atoms with Gasteiger partial charge in [0.05, 0.1) is 30.8 Å². The highest BCUT2D eigenvalue weighted by Gasteiger charge is 2.22. The molecule has 0 saturated carbocycles. The van der Waals surface area contributed by atoms with Crippen LogP contribution in [-0.2, 0) is 4.74 Å². The number of nitrogens with one attached hydrogen (secondary N) is 1. The third kappa shape index (κ3) is 3.43. The number of hydrogen-bond donors (Lipinski definition) is 1. The molecule has 130 valence electrons. The minimum Gasteiger partial charge on any atom is -0.381 e. The van der Waals surface area contributed by atoms with E-state index in [0.717, 1.165) is 0 Å². The van der Waals surface area contributed by atoms with Gasteiger partial charge in [0.1, 0.15) is 11.4 Å². The van der Waals surface area contributed by atoms with E-state index in [1.807, 2.05) is 36.4 Å². The molecular formula is C19H17N5O2. The Hall–Kier alpha value is -3.19. The number of ether oxygens (including phenoxy) is 1. The minimum atomic E-state index is -0.266. The summed E-state index contributed by atoms with van der Waals surface area (Å²) in [5.74, 6) is 0.0932. The molecule has 1 fully saturated rings. The second-order valence-electron chi connectivity index (χ2n) is 6.00.